The lowest BCUT2D eigenvalue weighted by Crippen LogP contribution is -2.40. The normalized spacial score (nSPS) is 12.0. The second-order valence-electron chi connectivity index (χ2n) is 6.46. The molecule has 0 unspecified atom stereocenters. The Morgan fingerprint density at radius 2 is 1.56 bits per heavy atom. The summed E-state index contributed by atoms with van der Waals surface area (Å²) in [7, 11) is -3.64. The van der Waals surface area contributed by atoms with Gasteiger partial charge in [-0.05, 0) is 63.2 Å². The third-order valence-corrected chi connectivity index (χ3v) is 5.56. The van der Waals surface area contributed by atoms with Crippen LogP contribution in [0.4, 0.5) is 5.69 Å². The SMILES string of the molecule is CC(C)(C)NS(=O)(=O)c1ccc(C(=O)Nc2ccc(Cl)c(Cl)c2)cc1. The zero-order valence-electron chi connectivity index (χ0n) is 13.9. The zero-order chi connectivity index (χ0) is 18.8. The number of benzene rings is 2. The summed E-state index contributed by atoms with van der Waals surface area (Å²) in [6, 6.07) is 10.4. The minimum absolute atomic E-state index is 0.0912. The quantitative estimate of drug-likeness (QED) is 0.801. The molecule has 0 aliphatic carbocycles. The molecule has 2 aromatic rings. The molecule has 1 amide bonds. The van der Waals surface area contributed by atoms with Crippen molar-refractivity contribution in [3.63, 3.8) is 0 Å². The number of nitrogens with one attached hydrogen (secondary N) is 2. The fraction of sp³-hybridized carbons (Fsp3) is 0.235. The second kappa shape index (κ2) is 7.33. The summed E-state index contributed by atoms with van der Waals surface area (Å²) in [5.74, 6) is -0.383. The number of halogens is 2. The van der Waals surface area contributed by atoms with Gasteiger partial charge in [0.1, 0.15) is 0 Å². The smallest absolute Gasteiger partial charge is 0.255 e. The highest BCUT2D eigenvalue weighted by Crippen LogP contribution is 2.25. The molecule has 0 aliphatic heterocycles. The highest BCUT2D eigenvalue weighted by Gasteiger charge is 2.22. The molecule has 0 atom stereocenters. The van der Waals surface area contributed by atoms with Crippen molar-refractivity contribution in [2.45, 2.75) is 31.2 Å². The van der Waals surface area contributed by atoms with E-state index in [1.165, 1.54) is 30.3 Å². The number of hydrogen-bond donors (Lipinski definition) is 2. The van der Waals surface area contributed by atoms with Crippen molar-refractivity contribution in [1.82, 2.24) is 4.72 Å². The number of amides is 1. The summed E-state index contributed by atoms with van der Waals surface area (Å²) in [6.07, 6.45) is 0. The first kappa shape index (κ1) is 19.7. The zero-order valence-corrected chi connectivity index (χ0v) is 16.3. The van der Waals surface area contributed by atoms with Gasteiger partial charge in [0, 0.05) is 16.8 Å². The van der Waals surface area contributed by atoms with E-state index in [4.69, 9.17) is 23.2 Å². The molecule has 8 heteroatoms. The van der Waals surface area contributed by atoms with Crippen LogP contribution in [0.15, 0.2) is 47.4 Å². The van der Waals surface area contributed by atoms with Crippen LogP contribution in [0.5, 0.6) is 0 Å². The second-order valence-corrected chi connectivity index (χ2v) is 8.96. The Bertz CT molecular complexity index is 889. The van der Waals surface area contributed by atoms with E-state index in [0.717, 1.165) is 0 Å². The van der Waals surface area contributed by atoms with Gasteiger partial charge < -0.3 is 5.32 Å². The van der Waals surface area contributed by atoms with Crippen LogP contribution in [0, 0.1) is 0 Å². The van der Waals surface area contributed by atoms with Crippen LogP contribution < -0.4 is 10.0 Å². The molecule has 2 rings (SSSR count). The van der Waals surface area contributed by atoms with Crippen molar-refractivity contribution in [3.8, 4) is 0 Å². The fourth-order valence-electron chi connectivity index (χ4n) is 2.02. The highest BCUT2D eigenvalue weighted by molar-refractivity contribution is 7.89. The van der Waals surface area contributed by atoms with E-state index in [1.807, 2.05) is 0 Å². The van der Waals surface area contributed by atoms with Gasteiger partial charge >= 0.3 is 0 Å². The molecule has 0 saturated heterocycles. The largest absolute Gasteiger partial charge is 0.322 e. The summed E-state index contributed by atoms with van der Waals surface area (Å²) in [6.45, 7) is 5.26. The van der Waals surface area contributed by atoms with E-state index in [-0.39, 0.29) is 10.8 Å². The van der Waals surface area contributed by atoms with E-state index < -0.39 is 15.6 Å². The molecular weight excluding hydrogens is 383 g/mol. The average molecular weight is 401 g/mol. The third-order valence-electron chi connectivity index (χ3n) is 3.04. The Morgan fingerprint density at radius 3 is 2.08 bits per heavy atom. The first-order chi connectivity index (χ1) is 11.5. The average Bonchev–Trinajstić information content (AvgIpc) is 2.49. The van der Waals surface area contributed by atoms with Gasteiger partial charge in [-0.3, -0.25) is 4.79 Å². The standard InChI is InChI=1S/C17H18Cl2N2O3S/c1-17(2,3)21-25(23,24)13-7-4-11(5-8-13)16(22)20-12-6-9-14(18)15(19)10-12/h4-10,21H,1-3H3,(H,20,22). The van der Waals surface area contributed by atoms with Gasteiger partial charge in [-0.25, -0.2) is 13.1 Å². The van der Waals surface area contributed by atoms with E-state index in [2.05, 4.69) is 10.0 Å². The van der Waals surface area contributed by atoms with Crippen molar-refractivity contribution >= 4 is 44.8 Å². The maximum Gasteiger partial charge on any atom is 0.255 e. The summed E-state index contributed by atoms with van der Waals surface area (Å²) in [4.78, 5) is 12.3. The Hall–Kier alpha value is -1.60. The predicted octanol–water partition coefficient (Wildman–Crippen LogP) is 4.32. The Labute approximate surface area is 157 Å². The molecule has 0 aromatic heterocycles. The monoisotopic (exact) mass is 400 g/mol. The molecule has 0 radical (unpaired) electrons. The molecule has 0 heterocycles. The van der Waals surface area contributed by atoms with Crippen LogP contribution in [0.1, 0.15) is 31.1 Å². The van der Waals surface area contributed by atoms with Crippen molar-refractivity contribution in [2.75, 3.05) is 5.32 Å². The van der Waals surface area contributed by atoms with Crippen LogP contribution in [-0.2, 0) is 10.0 Å². The van der Waals surface area contributed by atoms with Gasteiger partial charge in [0.2, 0.25) is 10.0 Å². The van der Waals surface area contributed by atoms with Gasteiger partial charge in [-0.1, -0.05) is 23.2 Å². The maximum absolute atomic E-state index is 12.3. The lowest BCUT2D eigenvalue weighted by atomic mass is 10.1. The van der Waals surface area contributed by atoms with Gasteiger partial charge in [-0.15, -0.1) is 0 Å². The van der Waals surface area contributed by atoms with Gasteiger partial charge in [0.25, 0.3) is 5.91 Å². The predicted molar refractivity (Wildman–Crippen MR) is 101 cm³/mol. The Morgan fingerprint density at radius 1 is 0.960 bits per heavy atom. The highest BCUT2D eigenvalue weighted by atomic mass is 35.5. The molecule has 0 saturated carbocycles. The summed E-state index contributed by atoms with van der Waals surface area (Å²) in [5.41, 5.74) is 0.217. The van der Waals surface area contributed by atoms with E-state index in [0.29, 0.717) is 21.3 Å². The van der Waals surface area contributed by atoms with Crippen LogP contribution in [-0.4, -0.2) is 19.9 Å². The van der Waals surface area contributed by atoms with E-state index in [9.17, 15) is 13.2 Å². The number of rotatable bonds is 4. The fourth-order valence-corrected chi connectivity index (χ4v) is 3.74. The van der Waals surface area contributed by atoms with Crippen LogP contribution in [0.25, 0.3) is 0 Å². The number of carbonyl (C=O) groups is 1. The molecule has 0 spiro atoms. The molecule has 2 aromatic carbocycles. The van der Waals surface area contributed by atoms with Gasteiger partial charge in [-0.2, -0.15) is 0 Å². The number of sulfonamides is 1. The molecule has 0 fully saturated rings. The topological polar surface area (TPSA) is 75.3 Å². The third kappa shape index (κ3) is 5.44. The Balaban J connectivity index is 2.16. The summed E-state index contributed by atoms with van der Waals surface area (Å²) >= 11 is 11.7. The van der Waals surface area contributed by atoms with Gasteiger partial charge in [0.15, 0.2) is 0 Å². The first-order valence-electron chi connectivity index (χ1n) is 7.38. The summed E-state index contributed by atoms with van der Waals surface area (Å²) in [5, 5.41) is 3.39. The molecule has 5 nitrogen and oxygen atoms in total. The lowest BCUT2D eigenvalue weighted by Gasteiger charge is -2.20. The van der Waals surface area contributed by atoms with Crippen LogP contribution in [0.2, 0.25) is 10.0 Å². The molecule has 2 N–H and O–H groups in total. The van der Waals surface area contributed by atoms with Crippen LogP contribution >= 0.6 is 23.2 Å². The van der Waals surface area contributed by atoms with Crippen molar-refractivity contribution in [2.24, 2.45) is 0 Å². The number of hydrogen-bond acceptors (Lipinski definition) is 3. The molecule has 0 bridgehead atoms. The molecule has 134 valence electrons. The van der Waals surface area contributed by atoms with Crippen molar-refractivity contribution in [3.05, 3.63) is 58.1 Å². The summed E-state index contributed by atoms with van der Waals surface area (Å²) < 4.78 is 27.1. The minimum Gasteiger partial charge on any atom is -0.322 e. The Kier molecular flexibility index (Phi) is 5.79. The van der Waals surface area contributed by atoms with Crippen molar-refractivity contribution in [1.29, 1.82) is 0 Å². The van der Waals surface area contributed by atoms with E-state index in [1.54, 1.807) is 32.9 Å². The van der Waals surface area contributed by atoms with Crippen molar-refractivity contribution < 1.29 is 13.2 Å². The number of carbonyl (C=O) groups excluding carboxylic acids is 1. The molecular formula is C17H18Cl2N2O3S. The molecule has 0 aliphatic rings. The maximum atomic E-state index is 12.3. The lowest BCUT2D eigenvalue weighted by molar-refractivity contribution is 0.102. The van der Waals surface area contributed by atoms with Crippen LogP contribution in [0.3, 0.4) is 0 Å². The molecule has 25 heavy (non-hydrogen) atoms. The van der Waals surface area contributed by atoms with E-state index >= 15 is 0 Å². The van der Waals surface area contributed by atoms with Gasteiger partial charge in [0.05, 0.1) is 14.9 Å². The minimum atomic E-state index is -3.64. The number of anilines is 1. The first-order valence-corrected chi connectivity index (χ1v) is 9.62.